The normalized spacial score (nSPS) is 15.3. The van der Waals surface area contributed by atoms with Gasteiger partial charge in [0.25, 0.3) is 0 Å². The van der Waals surface area contributed by atoms with E-state index in [0.717, 1.165) is 18.5 Å². The highest BCUT2D eigenvalue weighted by Crippen LogP contribution is 2.40. The summed E-state index contributed by atoms with van der Waals surface area (Å²) in [5.41, 5.74) is 1.44. The fourth-order valence-corrected chi connectivity index (χ4v) is 2.37. The van der Waals surface area contributed by atoms with Gasteiger partial charge in [-0.3, -0.25) is 0 Å². The molecule has 1 aliphatic carbocycles. The Balaban J connectivity index is 1.89. The van der Waals surface area contributed by atoms with Crippen LogP contribution in [0, 0.1) is 0 Å². The van der Waals surface area contributed by atoms with Gasteiger partial charge in [0.05, 0.1) is 18.0 Å². The Kier molecular flexibility index (Phi) is 4.54. The zero-order chi connectivity index (χ0) is 16.4. The third kappa shape index (κ3) is 4.03. The number of anilines is 3. The molecule has 2 aromatic rings. The Morgan fingerprint density at radius 1 is 1.30 bits per heavy atom. The topological polar surface area (TPSA) is 90.3 Å². The number of aromatic nitrogens is 2. The first kappa shape index (κ1) is 15.8. The molecule has 1 atom stereocenters. The van der Waals surface area contributed by atoms with Gasteiger partial charge < -0.3 is 20.8 Å². The van der Waals surface area contributed by atoms with Crippen LogP contribution < -0.4 is 10.6 Å². The van der Waals surface area contributed by atoms with E-state index in [-0.39, 0.29) is 18.4 Å². The summed E-state index contributed by atoms with van der Waals surface area (Å²) in [6.07, 6.45) is 2.24. The molecule has 1 heterocycles. The molecule has 3 rings (SSSR count). The Hall–Kier alpha value is -2.05. The number of halogens is 1. The number of nitrogens with zero attached hydrogens (tertiary/aromatic N) is 2. The van der Waals surface area contributed by atoms with E-state index in [1.165, 1.54) is 6.07 Å². The maximum absolute atomic E-state index is 9.93. The molecule has 1 fully saturated rings. The maximum atomic E-state index is 9.93. The van der Waals surface area contributed by atoms with Crippen molar-refractivity contribution in [3.05, 3.63) is 35.0 Å². The first-order valence-corrected chi connectivity index (χ1v) is 7.95. The monoisotopic (exact) mass is 334 g/mol. The predicted molar refractivity (Wildman–Crippen MR) is 90.6 cm³/mol. The molecule has 4 N–H and O–H groups in total. The van der Waals surface area contributed by atoms with Crippen molar-refractivity contribution < 1.29 is 10.2 Å². The van der Waals surface area contributed by atoms with Crippen LogP contribution in [0.2, 0.25) is 5.02 Å². The second-order valence-corrected chi connectivity index (χ2v) is 6.23. The van der Waals surface area contributed by atoms with Crippen LogP contribution in [0.1, 0.15) is 31.4 Å². The molecule has 7 heteroatoms. The minimum Gasteiger partial charge on any atom is -0.506 e. The molecule has 0 saturated heterocycles. The molecule has 6 nitrogen and oxygen atoms in total. The molecule has 0 bridgehead atoms. The van der Waals surface area contributed by atoms with E-state index in [4.69, 9.17) is 11.6 Å². The minimum absolute atomic E-state index is 0.00510. The van der Waals surface area contributed by atoms with E-state index in [2.05, 4.69) is 20.6 Å². The van der Waals surface area contributed by atoms with Crippen molar-refractivity contribution >= 4 is 29.1 Å². The SMILES string of the molecule is C[C@H](CO)Nc1nc(Nc2cc(Cl)ccc2O)cc(C2CC2)n1. The molecule has 0 amide bonds. The fourth-order valence-electron chi connectivity index (χ4n) is 2.20. The second kappa shape index (κ2) is 6.60. The molecule has 1 saturated carbocycles. The van der Waals surface area contributed by atoms with E-state index in [0.29, 0.717) is 28.4 Å². The van der Waals surface area contributed by atoms with Crippen LogP contribution in [0.15, 0.2) is 24.3 Å². The summed E-state index contributed by atoms with van der Waals surface area (Å²) in [5, 5.41) is 25.8. The number of nitrogens with one attached hydrogen (secondary N) is 2. The number of benzene rings is 1. The van der Waals surface area contributed by atoms with E-state index < -0.39 is 0 Å². The number of rotatable bonds is 6. The van der Waals surface area contributed by atoms with Crippen molar-refractivity contribution in [1.29, 1.82) is 0 Å². The number of aliphatic hydroxyl groups is 1. The van der Waals surface area contributed by atoms with Crippen molar-refractivity contribution in [3.63, 3.8) is 0 Å². The predicted octanol–water partition coefficient (Wildman–Crippen LogP) is 3.25. The highest BCUT2D eigenvalue weighted by atomic mass is 35.5. The lowest BCUT2D eigenvalue weighted by molar-refractivity contribution is 0.281. The summed E-state index contributed by atoms with van der Waals surface area (Å²) in [6, 6.07) is 6.53. The van der Waals surface area contributed by atoms with Crippen molar-refractivity contribution in [2.24, 2.45) is 0 Å². The summed E-state index contributed by atoms with van der Waals surface area (Å²) in [7, 11) is 0. The number of hydrogen-bond donors (Lipinski definition) is 4. The average molecular weight is 335 g/mol. The summed E-state index contributed by atoms with van der Waals surface area (Å²) in [4.78, 5) is 8.90. The van der Waals surface area contributed by atoms with E-state index in [1.54, 1.807) is 12.1 Å². The lowest BCUT2D eigenvalue weighted by Gasteiger charge is -2.14. The first-order chi connectivity index (χ1) is 11.0. The average Bonchev–Trinajstić information content (AvgIpc) is 3.35. The highest BCUT2D eigenvalue weighted by Gasteiger charge is 2.26. The Morgan fingerprint density at radius 3 is 2.78 bits per heavy atom. The molecule has 0 radical (unpaired) electrons. The summed E-state index contributed by atoms with van der Waals surface area (Å²) < 4.78 is 0. The van der Waals surface area contributed by atoms with E-state index >= 15 is 0 Å². The largest absolute Gasteiger partial charge is 0.506 e. The molecule has 0 spiro atoms. The molecular formula is C16H19ClN4O2. The molecule has 23 heavy (non-hydrogen) atoms. The Morgan fingerprint density at radius 2 is 2.09 bits per heavy atom. The van der Waals surface area contributed by atoms with Crippen LogP contribution in [0.4, 0.5) is 17.5 Å². The number of phenolic OH excluding ortho intramolecular Hbond substituents is 1. The van der Waals surface area contributed by atoms with E-state index in [9.17, 15) is 10.2 Å². The highest BCUT2D eigenvalue weighted by molar-refractivity contribution is 6.30. The molecule has 0 aliphatic heterocycles. The molecule has 1 aromatic carbocycles. The van der Waals surface area contributed by atoms with Crippen molar-refractivity contribution in [1.82, 2.24) is 9.97 Å². The van der Waals surface area contributed by atoms with Gasteiger partial charge in [-0.15, -0.1) is 0 Å². The van der Waals surface area contributed by atoms with Gasteiger partial charge in [0.15, 0.2) is 0 Å². The summed E-state index contributed by atoms with van der Waals surface area (Å²) >= 11 is 5.97. The molecular weight excluding hydrogens is 316 g/mol. The van der Waals surface area contributed by atoms with Gasteiger partial charge in [-0.05, 0) is 38.0 Å². The van der Waals surface area contributed by atoms with Crippen LogP contribution in [0.25, 0.3) is 0 Å². The first-order valence-electron chi connectivity index (χ1n) is 7.57. The van der Waals surface area contributed by atoms with Crippen LogP contribution in [0.3, 0.4) is 0 Å². The van der Waals surface area contributed by atoms with Crippen LogP contribution >= 0.6 is 11.6 Å². The van der Waals surface area contributed by atoms with Crippen LogP contribution in [0.5, 0.6) is 5.75 Å². The lowest BCUT2D eigenvalue weighted by Crippen LogP contribution is -2.21. The van der Waals surface area contributed by atoms with Gasteiger partial charge in [-0.25, -0.2) is 4.98 Å². The molecule has 1 aromatic heterocycles. The van der Waals surface area contributed by atoms with Gasteiger partial charge in [0.2, 0.25) is 5.95 Å². The maximum Gasteiger partial charge on any atom is 0.225 e. The zero-order valence-corrected chi connectivity index (χ0v) is 13.5. The van der Waals surface area contributed by atoms with Gasteiger partial charge in [0.1, 0.15) is 11.6 Å². The van der Waals surface area contributed by atoms with Crippen molar-refractivity contribution in [2.75, 3.05) is 17.2 Å². The molecule has 1 aliphatic rings. The number of aromatic hydroxyl groups is 1. The zero-order valence-electron chi connectivity index (χ0n) is 12.8. The smallest absolute Gasteiger partial charge is 0.225 e. The van der Waals surface area contributed by atoms with Crippen LogP contribution in [-0.4, -0.2) is 32.8 Å². The van der Waals surface area contributed by atoms with Crippen molar-refractivity contribution in [2.45, 2.75) is 31.7 Å². The van der Waals surface area contributed by atoms with Gasteiger partial charge in [0, 0.05) is 23.0 Å². The third-order valence-corrected chi connectivity index (χ3v) is 3.85. The summed E-state index contributed by atoms with van der Waals surface area (Å²) in [6.45, 7) is 1.85. The fraction of sp³-hybridized carbons (Fsp3) is 0.375. The Bertz CT molecular complexity index is 706. The van der Waals surface area contributed by atoms with Gasteiger partial charge in [-0.1, -0.05) is 11.6 Å². The Labute approximate surface area is 139 Å². The quantitative estimate of drug-likeness (QED) is 0.606. The number of phenols is 1. The molecule has 0 unspecified atom stereocenters. The van der Waals surface area contributed by atoms with E-state index in [1.807, 2.05) is 13.0 Å². The van der Waals surface area contributed by atoms with Gasteiger partial charge in [-0.2, -0.15) is 4.98 Å². The minimum atomic E-state index is -0.142. The molecule has 122 valence electrons. The van der Waals surface area contributed by atoms with Crippen LogP contribution in [-0.2, 0) is 0 Å². The third-order valence-electron chi connectivity index (χ3n) is 3.61. The number of hydrogen-bond acceptors (Lipinski definition) is 6. The number of aliphatic hydroxyl groups excluding tert-OH is 1. The summed E-state index contributed by atoms with van der Waals surface area (Å²) in [5.74, 6) is 1.59. The van der Waals surface area contributed by atoms with Crippen molar-refractivity contribution in [3.8, 4) is 5.75 Å². The van der Waals surface area contributed by atoms with Gasteiger partial charge >= 0.3 is 0 Å². The standard InChI is InChI=1S/C16H19ClN4O2/c1-9(8-22)18-16-20-12(10-2-3-10)7-15(21-16)19-13-6-11(17)4-5-14(13)23/h4-7,9-10,22-23H,2-3,8H2,1H3,(H2,18,19,20,21)/t9-/m1/s1. The lowest BCUT2D eigenvalue weighted by atomic mass is 10.2. The second-order valence-electron chi connectivity index (χ2n) is 5.79.